The molecule has 22 heavy (non-hydrogen) atoms. The Morgan fingerprint density at radius 1 is 1.14 bits per heavy atom. The Bertz CT molecular complexity index is 660. The molecular formula is C16H16Cl2N2O2. The van der Waals surface area contributed by atoms with Crippen molar-refractivity contribution in [2.45, 2.75) is 20.1 Å². The summed E-state index contributed by atoms with van der Waals surface area (Å²) in [6, 6.07) is 11.9. The third kappa shape index (κ3) is 4.83. The molecule has 4 nitrogen and oxygen atoms in total. The summed E-state index contributed by atoms with van der Waals surface area (Å²) >= 11 is 11.8. The van der Waals surface area contributed by atoms with E-state index in [-0.39, 0.29) is 6.03 Å². The van der Waals surface area contributed by atoms with Gasteiger partial charge in [0.05, 0.1) is 0 Å². The quantitative estimate of drug-likeness (QED) is 0.783. The molecule has 0 radical (unpaired) electrons. The maximum Gasteiger partial charge on any atom is 0.322 e. The van der Waals surface area contributed by atoms with Crippen molar-refractivity contribution < 1.29 is 9.53 Å². The summed E-state index contributed by atoms with van der Waals surface area (Å²) in [5.41, 5.74) is 1.57. The molecule has 1 atom stereocenters. The number of ether oxygens (including phenoxy) is 1. The Kier molecular flexibility index (Phi) is 5.52. The highest BCUT2D eigenvalue weighted by molar-refractivity contribution is 6.31. The number of hydrogen-bond donors (Lipinski definition) is 2. The minimum Gasteiger partial charge on any atom is -0.471 e. The van der Waals surface area contributed by atoms with Gasteiger partial charge in [0.2, 0.25) is 0 Å². The zero-order valence-corrected chi connectivity index (χ0v) is 13.7. The summed E-state index contributed by atoms with van der Waals surface area (Å²) in [6.45, 7) is 3.63. The molecule has 0 bridgehead atoms. The van der Waals surface area contributed by atoms with Gasteiger partial charge in [0.1, 0.15) is 5.75 Å². The number of carbonyl (C=O) groups is 1. The summed E-state index contributed by atoms with van der Waals surface area (Å²) in [7, 11) is 0. The molecule has 1 unspecified atom stereocenters. The van der Waals surface area contributed by atoms with E-state index in [4.69, 9.17) is 27.9 Å². The van der Waals surface area contributed by atoms with E-state index in [0.29, 0.717) is 21.5 Å². The van der Waals surface area contributed by atoms with Crippen LogP contribution >= 0.6 is 23.2 Å². The van der Waals surface area contributed by atoms with E-state index in [1.807, 2.05) is 13.0 Å². The highest BCUT2D eigenvalue weighted by Gasteiger charge is 2.09. The van der Waals surface area contributed by atoms with E-state index in [1.54, 1.807) is 43.3 Å². The van der Waals surface area contributed by atoms with Crippen molar-refractivity contribution in [2.24, 2.45) is 0 Å². The van der Waals surface area contributed by atoms with Crippen molar-refractivity contribution in [1.82, 2.24) is 5.32 Å². The van der Waals surface area contributed by atoms with Crippen LogP contribution in [0.25, 0.3) is 0 Å². The summed E-state index contributed by atoms with van der Waals surface area (Å²) in [5.74, 6) is 0.621. The van der Waals surface area contributed by atoms with Crippen molar-refractivity contribution >= 4 is 34.9 Å². The van der Waals surface area contributed by atoms with E-state index in [2.05, 4.69) is 10.6 Å². The van der Waals surface area contributed by atoms with Gasteiger partial charge >= 0.3 is 6.03 Å². The van der Waals surface area contributed by atoms with Crippen LogP contribution < -0.4 is 15.4 Å². The second kappa shape index (κ2) is 7.38. The van der Waals surface area contributed by atoms with Gasteiger partial charge in [-0.15, -0.1) is 0 Å². The van der Waals surface area contributed by atoms with E-state index < -0.39 is 6.23 Å². The fourth-order valence-corrected chi connectivity index (χ4v) is 2.08. The van der Waals surface area contributed by atoms with E-state index >= 15 is 0 Å². The number of anilines is 1. The first-order valence-electron chi connectivity index (χ1n) is 6.70. The number of benzene rings is 2. The number of rotatable bonds is 4. The summed E-state index contributed by atoms with van der Waals surface area (Å²) in [6.07, 6.45) is -0.498. The third-order valence-corrected chi connectivity index (χ3v) is 3.55. The third-order valence-electron chi connectivity index (χ3n) is 2.89. The molecule has 0 saturated carbocycles. The van der Waals surface area contributed by atoms with Gasteiger partial charge in [-0.25, -0.2) is 4.79 Å². The first-order valence-corrected chi connectivity index (χ1v) is 7.45. The number of amides is 2. The molecule has 2 aromatic rings. The van der Waals surface area contributed by atoms with Gasteiger partial charge in [-0.05, 0) is 55.8 Å². The minimum absolute atomic E-state index is 0.374. The summed E-state index contributed by atoms with van der Waals surface area (Å²) in [5, 5.41) is 6.60. The zero-order chi connectivity index (χ0) is 16.1. The number of carbonyl (C=O) groups excluding carboxylic acids is 1. The van der Waals surface area contributed by atoms with Gasteiger partial charge in [-0.2, -0.15) is 0 Å². The fourth-order valence-electron chi connectivity index (χ4n) is 1.77. The van der Waals surface area contributed by atoms with Crippen molar-refractivity contribution in [3.8, 4) is 5.75 Å². The van der Waals surface area contributed by atoms with Crippen LogP contribution in [-0.4, -0.2) is 12.3 Å². The molecular weight excluding hydrogens is 323 g/mol. The summed E-state index contributed by atoms with van der Waals surface area (Å²) < 4.78 is 5.56. The number of nitrogens with one attached hydrogen (secondary N) is 2. The Morgan fingerprint density at radius 3 is 2.45 bits per heavy atom. The normalized spacial score (nSPS) is 11.6. The molecule has 0 aliphatic heterocycles. The lowest BCUT2D eigenvalue weighted by Gasteiger charge is -2.17. The molecule has 0 fully saturated rings. The summed E-state index contributed by atoms with van der Waals surface area (Å²) in [4.78, 5) is 11.9. The van der Waals surface area contributed by atoms with E-state index in [1.165, 1.54) is 0 Å². The maximum atomic E-state index is 11.9. The lowest BCUT2D eigenvalue weighted by molar-refractivity contribution is 0.183. The van der Waals surface area contributed by atoms with E-state index in [0.717, 1.165) is 5.56 Å². The topological polar surface area (TPSA) is 50.4 Å². The molecule has 0 heterocycles. The van der Waals surface area contributed by atoms with Crippen molar-refractivity contribution in [1.29, 1.82) is 0 Å². The Morgan fingerprint density at radius 2 is 1.82 bits per heavy atom. The molecule has 116 valence electrons. The first-order chi connectivity index (χ1) is 10.4. The molecule has 2 rings (SSSR count). The molecule has 2 N–H and O–H groups in total. The predicted octanol–water partition coefficient (Wildman–Crippen LogP) is 4.85. The maximum absolute atomic E-state index is 11.9. The Labute approximate surface area is 139 Å². The van der Waals surface area contributed by atoms with Crippen LogP contribution in [0.2, 0.25) is 10.0 Å². The van der Waals surface area contributed by atoms with Crippen molar-refractivity contribution in [3.05, 3.63) is 58.1 Å². The average Bonchev–Trinajstić information content (AvgIpc) is 2.45. The van der Waals surface area contributed by atoms with Gasteiger partial charge in [0, 0.05) is 15.7 Å². The van der Waals surface area contributed by atoms with Gasteiger partial charge in [-0.3, -0.25) is 0 Å². The van der Waals surface area contributed by atoms with Crippen LogP contribution in [0.1, 0.15) is 12.5 Å². The van der Waals surface area contributed by atoms with Crippen LogP contribution in [0.4, 0.5) is 10.5 Å². The molecule has 6 heteroatoms. The lowest BCUT2D eigenvalue weighted by Crippen LogP contribution is -2.39. The Balaban J connectivity index is 1.88. The molecule has 0 spiro atoms. The second-order valence-electron chi connectivity index (χ2n) is 4.78. The largest absolute Gasteiger partial charge is 0.471 e. The highest BCUT2D eigenvalue weighted by atomic mass is 35.5. The van der Waals surface area contributed by atoms with E-state index in [9.17, 15) is 4.79 Å². The van der Waals surface area contributed by atoms with Crippen LogP contribution in [0, 0.1) is 6.92 Å². The van der Waals surface area contributed by atoms with Crippen LogP contribution in [0.3, 0.4) is 0 Å². The molecule has 0 aromatic heterocycles. The van der Waals surface area contributed by atoms with Crippen molar-refractivity contribution in [3.63, 3.8) is 0 Å². The monoisotopic (exact) mass is 338 g/mol. The Hall–Kier alpha value is -1.91. The van der Waals surface area contributed by atoms with Gasteiger partial charge in [-0.1, -0.05) is 29.3 Å². The standard InChI is InChI=1S/C16H16Cl2N2O2/c1-10-3-6-13(9-15(10)18)20-16(21)19-11(2)22-14-7-4-12(17)5-8-14/h3-9,11H,1-2H3,(H2,19,20,21). The average molecular weight is 339 g/mol. The number of aryl methyl sites for hydroxylation is 1. The molecule has 2 amide bonds. The van der Waals surface area contributed by atoms with Gasteiger partial charge in [0.15, 0.2) is 6.23 Å². The fraction of sp³-hybridized carbons (Fsp3) is 0.188. The highest BCUT2D eigenvalue weighted by Crippen LogP contribution is 2.20. The predicted molar refractivity (Wildman–Crippen MR) is 89.9 cm³/mol. The molecule has 0 aliphatic rings. The number of urea groups is 1. The van der Waals surface area contributed by atoms with Crippen molar-refractivity contribution in [2.75, 3.05) is 5.32 Å². The molecule has 0 aliphatic carbocycles. The number of halogens is 2. The van der Waals surface area contributed by atoms with Gasteiger partial charge in [0.25, 0.3) is 0 Å². The molecule has 2 aromatic carbocycles. The number of hydrogen-bond acceptors (Lipinski definition) is 2. The van der Waals surface area contributed by atoms with Crippen LogP contribution in [-0.2, 0) is 0 Å². The molecule has 0 saturated heterocycles. The lowest BCUT2D eigenvalue weighted by atomic mass is 10.2. The SMILES string of the molecule is Cc1ccc(NC(=O)NC(C)Oc2ccc(Cl)cc2)cc1Cl. The van der Waals surface area contributed by atoms with Crippen LogP contribution in [0.5, 0.6) is 5.75 Å². The first kappa shape index (κ1) is 16.5. The zero-order valence-electron chi connectivity index (χ0n) is 12.2. The van der Waals surface area contributed by atoms with Gasteiger partial charge < -0.3 is 15.4 Å². The van der Waals surface area contributed by atoms with Crippen LogP contribution in [0.15, 0.2) is 42.5 Å². The second-order valence-corrected chi connectivity index (χ2v) is 5.62. The minimum atomic E-state index is -0.498. The smallest absolute Gasteiger partial charge is 0.322 e.